The van der Waals surface area contributed by atoms with E-state index in [1.54, 1.807) is 11.6 Å². The number of amides is 1. The molecule has 9 nitrogen and oxygen atoms in total. The van der Waals surface area contributed by atoms with Gasteiger partial charge in [0.25, 0.3) is 0 Å². The molecule has 4 rings (SSSR count). The van der Waals surface area contributed by atoms with E-state index in [4.69, 9.17) is 9.47 Å². The summed E-state index contributed by atoms with van der Waals surface area (Å²) < 4.78 is 12.5. The Kier molecular flexibility index (Phi) is 4.61. The Labute approximate surface area is 150 Å². The van der Waals surface area contributed by atoms with E-state index in [1.165, 1.54) is 5.01 Å². The van der Waals surface area contributed by atoms with E-state index in [2.05, 4.69) is 20.6 Å². The highest BCUT2D eigenvalue weighted by Gasteiger charge is 2.42. The van der Waals surface area contributed by atoms with Crippen LogP contribution in [0.1, 0.15) is 31.2 Å². The zero-order valence-electron chi connectivity index (χ0n) is 14.5. The molecule has 9 heteroatoms. The van der Waals surface area contributed by atoms with Gasteiger partial charge in [0, 0.05) is 18.9 Å². The molecular formula is C17H20N6O3. The Morgan fingerprint density at radius 1 is 1.35 bits per heavy atom. The van der Waals surface area contributed by atoms with Gasteiger partial charge in [0.2, 0.25) is 0 Å². The summed E-state index contributed by atoms with van der Waals surface area (Å²) in [6.45, 7) is 3.18. The lowest BCUT2D eigenvalue weighted by Crippen LogP contribution is -2.45. The molecule has 2 atom stereocenters. The van der Waals surface area contributed by atoms with Gasteiger partial charge in [0.05, 0.1) is 13.2 Å². The third-order valence-corrected chi connectivity index (χ3v) is 4.53. The van der Waals surface area contributed by atoms with Gasteiger partial charge >= 0.3 is 6.09 Å². The van der Waals surface area contributed by atoms with E-state index in [-0.39, 0.29) is 18.8 Å². The zero-order valence-corrected chi connectivity index (χ0v) is 14.5. The van der Waals surface area contributed by atoms with E-state index < -0.39 is 6.09 Å². The fourth-order valence-corrected chi connectivity index (χ4v) is 3.31. The van der Waals surface area contributed by atoms with Gasteiger partial charge in [-0.2, -0.15) is 10.1 Å². The standard InChI is InChI=1S/C17H20N6O3/c1-2-25-17(24)23-16-13(8-9-26-16)10-14(19-23)15-18-20-21-22(15)11-12-6-4-3-5-7-12/h3-7,13,16H,2,8-11H2,1H3. The highest BCUT2D eigenvalue weighted by atomic mass is 16.6. The molecule has 2 aromatic rings. The number of fused-ring (bicyclic) bond motifs is 1. The van der Waals surface area contributed by atoms with Crippen molar-refractivity contribution >= 4 is 11.8 Å². The van der Waals surface area contributed by atoms with Crippen molar-refractivity contribution in [2.75, 3.05) is 13.2 Å². The van der Waals surface area contributed by atoms with Crippen LogP contribution in [0.5, 0.6) is 0 Å². The minimum Gasteiger partial charge on any atom is -0.448 e. The molecule has 1 amide bonds. The second kappa shape index (κ2) is 7.20. The van der Waals surface area contributed by atoms with Crippen LogP contribution in [0.25, 0.3) is 0 Å². The number of nitrogens with zero attached hydrogens (tertiary/aromatic N) is 6. The van der Waals surface area contributed by atoms with Crippen LogP contribution in [-0.2, 0) is 16.0 Å². The number of ether oxygens (including phenoxy) is 2. The minimum absolute atomic E-state index is 0.161. The number of hydrogen-bond acceptors (Lipinski definition) is 7. The first kappa shape index (κ1) is 16.6. The smallest absolute Gasteiger partial charge is 0.432 e. The summed E-state index contributed by atoms with van der Waals surface area (Å²) in [6, 6.07) is 9.94. The van der Waals surface area contributed by atoms with Gasteiger partial charge in [-0.25, -0.2) is 9.48 Å². The quantitative estimate of drug-likeness (QED) is 0.827. The predicted molar refractivity (Wildman–Crippen MR) is 91.2 cm³/mol. The first-order chi connectivity index (χ1) is 12.8. The summed E-state index contributed by atoms with van der Waals surface area (Å²) >= 11 is 0. The lowest BCUT2D eigenvalue weighted by atomic mass is 9.96. The average Bonchev–Trinajstić information content (AvgIpc) is 3.31. The second-order valence-corrected chi connectivity index (χ2v) is 6.25. The maximum atomic E-state index is 12.3. The molecule has 3 heterocycles. The van der Waals surface area contributed by atoms with Crippen LogP contribution < -0.4 is 0 Å². The Morgan fingerprint density at radius 2 is 2.19 bits per heavy atom. The molecule has 0 spiro atoms. The van der Waals surface area contributed by atoms with Gasteiger partial charge in [-0.3, -0.25) is 0 Å². The maximum Gasteiger partial charge on any atom is 0.432 e. The van der Waals surface area contributed by atoms with E-state index in [9.17, 15) is 4.79 Å². The highest BCUT2D eigenvalue weighted by Crippen LogP contribution is 2.33. The van der Waals surface area contributed by atoms with Crippen LogP contribution in [-0.4, -0.2) is 56.5 Å². The predicted octanol–water partition coefficient (Wildman–Crippen LogP) is 1.65. The topological polar surface area (TPSA) is 94.7 Å². The number of tetrazole rings is 1. The molecule has 0 aliphatic carbocycles. The SMILES string of the molecule is CCOC(=O)N1N=C(c2nnnn2Cc2ccccc2)CC2CCOC21. The van der Waals surface area contributed by atoms with Crippen molar-refractivity contribution < 1.29 is 14.3 Å². The van der Waals surface area contributed by atoms with Gasteiger partial charge in [-0.1, -0.05) is 30.3 Å². The molecule has 1 aromatic carbocycles. The third-order valence-electron chi connectivity index (χ3n) is 4.53. The Balaban J connectivity index is 1.63. The molecule has 2 aliphatic rings. The number of carbonyl (C=O) groups is 1. The Morgan fingerprint density at radius 3 is 3.00 bits per heavy atom. The molecule has 1 aromatic heterocycles. The molecule has 0 bridgehead atoms. The summed E-state index contributed by atoms with van der Waals surface area (Å²) in [6.07, 6.45) is 0.634. The van der Waals surface area contributed by atoms with Crippen molar-refractivity contribution in [2.45, 2.75) is 32.5 Å². The van der Waals surface area contributed by atoms with Crippen LogP contribution in [0, 0.1) is 5.92 Å². The number of carbonyl (C=O) groups excluding carboxylic acids is 1. The van der Waals surface area contributed by atoms with Gasteiger partial charge < -0.3 is 9.47 Å². The fourth-order valence-electron chi connectivity index (χ4n) is 3.31. The average molecular weight is 356 g/mol. The molecule has 1 fully saturated rings. The van der Waals surface area contributed by atoms with Gasteiger partial charge in [-0.15, -0.1) is 5.10 Å². The van der Waals surface area contributed by atoms with Crippen LogP contribution >= 0.6 is 0 Å². The Hall–Kier alpha value is -2.81. The van der Waals surface area contributed by atoms with E-state index >= 15 is 0 Å². The number of aromatic nitrogens is 4. The molecule has 136 valence electrons. The fraction of sp³-hybridized carbons (Fsp3) is 0.471. The van der Waals surface area contributed by atoms with Crippen molar-refractivity contribution in [3.05, 3.63) is 41.7 Å². The Bertz CT molecular complexity index is 806. The van der Waals surface area contributed by atoms with Crippen molar-refractivity contribution in [3.63, 3.8) is 0 Å². The maximum absolute atomic E-state index is 12.3. The van der Waals surface area contributed by atoms with Gasteiger partial charge in [0.1, 0.15) is 5.71 Å². The molecule has 1 saturated heterocycles. The highest BCUT2D eigenvalue weighted by molar-refractivity contribution is 5.98. The van der Waals surface area contributed by atoms with Crippen molar-refractivity contribution in [3.8, 4) is 0 Å². The molecule has 2 aliphatic heterocycles. The number of rotatable bonds is 4. The third kappa shape index (κ3) is 3.17. The van der Waals surface area contributed by atoms with Crippen molar-refractivity contribution in [1.82, 2.24) is 25.2 Å². The van der Waals surface area contributed by atoms with Gasteiger partial charge in [-0.05, 0) is 29.3 Å². The molecular weight excluding hydrogens is 336 g/mol. The van der Waals surface area contributed by atoms with E-state index in [0.717, 1.165) is 12.0 Å². The summed E-state index contributed by atoms with van der Waals surface area (Å²) in [5.41, 5.74) is 1.76. The number of benzene rings is 1. The molecule has 0 N–H and O–H groups in total. The van der Waals surface area contributed by atoms with Crippen LogP contribution in [0.2, 0.25) is 0 Å². The molecule has 0 saturated carbocycles. The summed E-state index contributed by atoms with van der Waals surface area (Å²) in [4.78, 5) is 12.3. The van der Waals surface area contributed by atoms with Crippen LogP contribution in [0.3, 0.4) is 0 Å². The van der Waals surface area contributed by atoms with Crippen molar-refractivity contribution in [1.29, 1.82) is 0 Å². The van der Waals surface area contributed by atoms with E-state index in [0.29, 0.717) is 31.1 Å². The second-order valence-electron chi connectivity index (χ2n) is 6.25. The lowest BCUT2D eigenvalue weighted by molar-refractivity contribution is -0.0393. The van der Waals surface area contributed by atoms with Crippen molar-refractivity contribution in [2.24, 2.45) is 11.0 Å². The summed E-state index contributed by atoms with van der Waals surface area (Å²) in [5, 5.41) is 17.8. The lowest BCUT2D eigenvalue weighted by Gasteiger charge is -2.31. The number of hydrazone groups is 1. The summed E-state index contributed by atoms with van der Waals surface area (Å²) in [7, 11) is 0. The molecule has 0 radical (unpaired) electrons. The first-order valence-corrected chi connectivity index (χ1v) is 8.71. The van der Waals surface area contributed by atoms with Gasteiger partial charge in [0.15, 0.2) is 12.1 Å². The first-order valence-electron chi connectivity index (χ1n) is 8.71. The zero-order chi connectivity index (χ0) is 17.9. The normalized spacial score (nSPS) is 22.0. The van der Waals surface area contributed by atoms with Crippen LogP contribution in [0.4, 0.5) is 4.79 Å². The largest absolute Gasteiger partial charge is 0.448 e. The number of hydrogen-bond donors (Lipinski definition) is 0. The summed E-state index contributed by atoms with van der Waals surface area (Å²) in [5.74, 6) is 0.724. The van der Waals surface area contributed by atoms with E-state index in [1.807, 2.05) is 30.3 Å². The van der Waals surface area contributed by atoms with Crippen LogP contribution in [0.15, 0.2) is 35.4 Å². The minimum atomic E-state index is -0.510. The molecule has 2 unspecified atom stereocenters. The molecule has 26 heavy (non-hydrogen) atoms. The monoisotopic (exact) mass is 356 g/mol.